The smallest absolute Gasteiger partial charge is 0.136 e. The van der Waals surface area contributed by atoms with Crippen LogP contribution in [0.25, 0.3) is 0 Å². The van der Waals surface area contributed by atoms with Crippen molar-refractivity contribution in [3.63, 3.8) is 0 Å². The lowest BCUT2D eigenvalue weighted by Gasteiger charge is -2.11. The van der Waals surface area contributed by atoms with Crippen molar-refractivity contribution in [1.29, 1.82) is 0 Å². The molecular formula is C13H28N2O. The third-order valence-electron chi connectivity index (χ3n) is 3.12. The maximum atomic E-state index is 10.6. The van der Waals surface area contributed by atoms with Crippen LogP contribution in [0.2, 0.25) is 0 Å². The number of carbonyl (C=O) groups excluding carboxylic acids is 1. The standard InChI is InChI=1S/C13H28N2O/c1-3-12(2)7-5-4-6-10-15-13(11-16)8-9-14/h11-13,15H,3-10,14H2,1-2H3/t12-,13-/m0/s1. The van der Waals surface area contributed by atoms with Crippen molar-refractivity contribution in [1.82, 2.24) is 5.32 Å². The average Bonchev–Trinajstić information content (AvgIpc) is 2.31. The molecule has 3 heteroatoms. The molecule has 96 valence electrons. The van der Waals surface area contributed by atoms with Crippen molar-refractivity contribution in [2.75, 3.05) is 13.1 Å². The summed E-state index contributed by atoms with van der Waals surface area (Å²) in [4.78, 5) is 10.6. The minimum atomic E-state index is -0.0421. The van der Waals surface area contributed by atoms with E-state index in [-0.39, 0.29) is 6.04 Å². The van der Waals surface area contributed by atoms with Crippen molar-refractivity contribution >= 4 is 6.29 Å². The van der Waals surface area contributed by atoms with E-state index in [0.29, 0.717) is 6.54 Å². The molecular weight excluding hydrogens is 200 g/mol. The highest BCUT2D eigenvalue weighted by molar-refractivity contribution is 5.57. The second-order valence-corrected chi connectivity index (χ2v) is 4.64. The number of hydrogen-bond acceptors (Lipinski definition) is 3. The Bertz CT molecular complexity index is 162. The Morgan fingerprint density at radius 1 is 1.25 bits per heavy atom. The molecule has 0 rings (SSSR count). The van der Waals surface area contributed by atoms with Crippen molar-refractivity contribution in [3.8, 4) is 0 Å². The van der Waals surface area contributed by atoms with E-state index in [4.69, 9.17) is 5.73 Å². The molecule has 0 aromatic heterocycles. The molecule has 0 saturated carbocycles. The molecule has 0 amide bonds. The third kappa shape index (κ3) is 8.86. The molecule has 0 aromatic rings. The van der Waals surface area contributed by atoms with Gasteiger partial charge in [0.1, 0.15) is 6.29 Å². The van der Waals surface area contributed by atoms with Crippen molar-refractivity contribution in [2.24, 2.45) is 11.7 Å². The second-order valence-electron chi connectivity index (χ2n) is 4.64. The minimum absolute atomic E-state index is 0.0421. The molecule has 0 bridgehead atoms. The third-order valence-corrected chi connectivity index (χ3v) is 3.12. The van der Waals surface area contributed by atoms with Gasteiger partial charge in [-0.3, -0.25) is 0 Å². The van der Waals surface area contributed by atoms with Gasteiger partial charge in [0, 0.05) is 0 Å². The zero-order chi connectivity index (χ0) is 12.2. The van der Waals surface area contributed by atoms with Crippen molar-refractivity contribution in [2.45, 2.75) is 58.4 Å². The number of rotatable bonds is 11. The van der Waals surface area contributed by atoms with Crippen LogP contribution < -0.4 is 11.1 Å². The topological polar surface area (TPSA) is 55.1 Å². The van der Waals surface area contributed by atoms with Gasteiger partial charge in [0.05, 0.1) is 6.04 Å². The number of unbranched alkanes of at least 4 members (excludes halogenated alkanes) is 2. The van der Waals surface area contributed by atoms with Gasteiger partial charge in [-0.1, -0.05) is 39.5 Å². The van der Waals surface area contributed by atoms with Gasteiger partial charge in [0.25, 0.3) is 0 Å². The molecule has 0 fully saturated rings. The van der Waals surface area contributed by atoms with E-state index in [1.807, 2.05) is 0 Å². The predicted molar refractivity (Wildman–Crippen MR) is 69.4 cm³/mol. The number of carbonyl (C=O) groups is 1. The molecule has 2 atom stereocenters. The van der Waals surface area contributed by atoms with Crippen molar-refractivity contribution < 1.29 is 4.79 Å². The van der Waals surface area contributed by atoms with Crippen LogP contribution in [-0.4, -0.2) is 25.4 Å². The van der Waals surface area contributed by atoms with E-state index in [1.54, 1.807) is 0 Å². The van der Waals surface area contributed by atoms with Gasteiger partial charge in [-0.2, -0.15) is 0 Å². The normalized spacial score (nSPS) is 14.7. The number of nitrogens with two attached hydrogens (primary N) is 1. The van der Waals surface area contributed by atoms with Gasteiger partial charge in [0.2, 0.25) is 0 Å². The molecule has 0 spiro atoms. The molecule has 16 heavy (non-hydrogen) atoms. The highest BCUT2D eigenvalue weighted by atomic mass is 16.1. The lowest BCUT2D eigenvalue weighted by atomic mass is 10.0. The van der Waals surface area contributed by atoms with Crippen LogP contribution in [0, 0.1) is 5.92 Å². The van der Waals surface area contributed by atoms with E-state index < -0.39 is 0 Å². The average molecular weight is 228 g/mol. The summed E-state index contributed by atoms with van der Waals surface area (Å²) < 4.78 is 0. The maximum absolute atomic E-state index is 10.6. The Labute approximate surface area is 100 Å². The van der Waals surface area contributed by atoms with Gasteiger partial charge in [-0.05, 0) is 31.8 Å². The Hall–Kier alpha value is -0.410. The first kappa shape index (κ1) is 15.6. The lowest BCUT2D eigenvalue weighted by Crippen LogP contribution is -2.33. The summed E-state index contributed by atoms with van der Waals surface area (Å²) in [6.07, 6.45) is 8.04. The lowest BCUT2D eigenvalue weighted by molar-refractivity contribution is -0.109. The molecule has 3 nitrogen and oxygen atoms in total. The highest BCUT2D eigenvalue weighted by Gasteiger charge is 2.04. The second kappa shape index (κ2) is 11.1. The molecule has 0 heterocycles. The fourth-order valence-electron chi connectivity index (χ4n) is 1.68. The van der Waals surface area contributed by atoms with Gasteiger partial charge < -0.3 is 15.8 Å². The molecule has 0 aromatic carbocycles. The van der Waals surface area contributed by atoms with E-state index >= 15 is 0 Å². The highest BCUT2D eigenvalue weighted by Crippen LogP contribution is 2.11. The molecule has 0 radical (unpaired) electrons. The first-order valence-corrected chi connectivity index (χ1v) is 6.63. The summed E-state index contributed by atoms with van der Waals surface area (Å²) in [6.45, 7) is 6.06. The summed E-state index contributed by atoms with van der Waals surface area (Å²) in [5.74, 6) is 0.855. The molecule has 0 aliphatic rings. The Morgan fingerprint density at radius 2 is 2.00 bits per heavy atom. The number of hydrogen-bond donors (Lipinski definition) is 2. The van der Waals surface area contributed by atoms with Crippen molar-refractivity contribution in [3.05, 3.63) is 0 Å². The van der Waals surface area contributed by atoms with Gasteiger partial charge >= 0.3 is 0 Å². The van der Waals surface area contributed by atoms with Crippen LogP contribution in [-0.2, 0) is 4.79 Å². The molecule has 0 saturated heterocycles. The zero-order valence-electron chi connectivity index (χ0n) is 10.9. The van der Waals surface area contributed by atoms with Crippen LogP contribution >= 0.6 is 0 Å². The van der Waals surface area contributed by atoms with Crippen LogP contribution in [0.15, 0.2) is 0 Å². The fourth-order valence-corrected chi connectivity index (χ4v) is 1.68. The van der Waals surface area contributed by atoms with Gasteiger partial charge in [-0.15, -0.1) is 0 Å². The van der Waals surface area contributed by atoms with E-state index in [9.17, 15) is 4.79 Å². The van der Waals surface area contributed by atoms with Gasteiger partial charge in [0.15, 0.2) is 0 Å². The monoisotopic (exact) mass is 228 g/mol. The maximum Gasteiger partial charge on any atom is 0.136 e. The molecule has 0 unspecified atom stereocenters. The van der Waals surface area contributed by atoms with Gasteiger partial charge in [-0.25, -0.2) is 0 Å². The summed E-state index contributed by atoms with van der Waals surface area (Å²) in [5, 5.41) is 3.22. The first-order chi connectivity index (χ1) is 7.74. The summed E-state index contributed by atoms with van der Waals surface area (Å²) in [7, 11) is 0. The summed E-state index contributed by atoms with van der Waals surface area (Å²) >= 11 is 0. The largest absolute Gasteiger partial charge is 0.330 e. The van der Waals surface area contributed by atoms with Crippen LogP contribution in [0.1, 0.15) is 52.4 Å². The predicted octanol–water partition coefficient (Wildman–Crippen LogP) is 2.10. The van der Waals surface area contributed by atoms with Crippen LogP contribution in [0.4, 0.5) is 0 Å². The van der Waals surface area contributed by atoms with E-state index in [2.05, 4.69) is 19.2 Å². The Kier molecular flexibility index (Phi) is 10.8. The van der Waals surface area contributed by atoms with E-state index in [0.717, 1.165) is 31.6 Å². The first-order valence-electron chi connectivity index (χ1n) is 6.63. The fraction of sp³-hybridized carbons (Fsp3) is 0.923. The van der Waals surface area contributed by atoms with Crippen LogP contribution in [0.5, 0.6) is 0 Å². The van der Waals surface area contributed by atoms with Crippen LogP contribution in [0.3, 0.4) is 0 Å². The molecule has 0 aliphatic heterocycles. The summed E-state index contributed by atoms with van der Waals surface area (Å²) in [6, 6.07) is -0.0421. The molecule has 0 aliphatic carbocycles. The number of aldehydes is 1. The quantitative estimate of drug-likeness (QED) is 0.420. The summed E-state index contributed by atoms with van der Waals surface area (Å²) in [5.41, 5.74) is 5.41. The minimum Gasteiger partial charge on any atom is -0.330 e. The molecule has 3 N–H and O–H groups in total. The van der Waals surface area contributed by atoms with E-state index in [1.165, 1.54) is 25.7 Å². The Morgan fingerprint density at radius 3 is 2.56 bits per heavy atom. The Balaban J connectivity index is 3.28. The SMILES string of the molecule is CC[C@H](C)CCCCCN[C@H](C=O)CCN. The zero-order valence-corrected chi connectivity index (χ0v) is 10.9. The number of nitrogens with one attached hydrogen (secondary N) is 1.